The lowest BCUT2D eigenvalue weighted by atomic mass is 9.81. The van der Waals surface area contributed by atoms with Crippen LogP contribution in [0, 0.1) is 0 Å². The van der Waals surface area contributed by atoms with Gasteiger partial charge in [-0.25, -0.2) is 0 Å². The van der Waals surface area contributed by atoms with Crippen molar-refractivity contribution in [1.82, 2.24) is 9.71 Å². The van der Waals surface area contributed by atoms with E-state index in [9.17, 15) is 19.7 Å². The van der Waals surface area contributed by atoms with Crippen LogP contribution in [0.1, 0.15) is 27.1 Å². The van der Waals surface area contributed by atoms with E-state index >= 15 is 0 Å². The Morgan fingerprint density at radius 3 is 2.39 bits per heavy atom. The van der Waals surface area contributed by atoms with Crippen molar-refractivity contribution in [3.8, 4) is 0 Å². The van der Waals surface area contributed by atoms with Crippen LogP contribution in [0.5, 0.6) is 0 Å². The zero-order chi connectivity index (χ0) is 16.6. The Kier molecular flexibility index (Phi) is 4.34. The Labute approximate surface area is 135 Å². The summed E-state index contributed by atoms with van der Waals surface area (Å²) in [6.45, 7) is 2.82. The molecule has 120 valence electrons. The quantitative estimate of drug-likeness (QED) is 0.479. The van der Waals surface area contributed by atoms with E-state index in [1.807, 2.05) is 0 Å². The van der Waals surface area contributed by atoms with Gasteiger partial charge in [0, 0.05) is 13.1 Å². The van der Waals surface area contributed by atoms with Crippen LogP contribution in [0.25, 0.3) is 0 Å². The van der Waals surface area contributed by atoms with Crippen LogP contribution in [-0.2, 0) is 0 Å². The number of nitrogens with zero attached hydrogens (tertiary/aromatic N) is 2. The first-order chi connectivity index (χ1) is 11.0. The van der Waals surface area contributed by atoms with E-state index in [1.165, 1.54) is 4.90 Å². The highest BCUT2D eigenvalue weighted by Gasteiger charge is 2.34. The van der Waals surface area contributed by atoms with Gasteiger partial charge >= 0.3 is 7.05 Å². The predicted octanol–water partition coefficient (Wildman–Crippen LogP) is 0.386. The van der Waals surface area contributed by atoms with E-state index in [-0.39, 0.29) is 18.4 Å². The first-order valence-corrected chi connectivity index (χ1v) is 7.73. The molecule has 2 heterocycles. The largest absolute Gasteiger partial charge is 0.437 e. The van der Waals surface area contributed by atoms with E-state index < -0.39 is 13.2 Å². The van der Waals surface area contributed by atoms with Gasteiger partial charge in [-0.15, -0.1) is 0 Å². The van der Waals surface area contributed by atoms with E-state index in [4.69, 9.17) is 0 Å². The summed E-state index contributed by atoms with van der Waals surface area (Å²) in [6.07, 6.45) is 1.68. The highest BCUT2D eigenvalue weighted by Crippen LogP contribution is 2.23. The van der Waals surface area contributed by atoms with Gasteiger partial charge in [0.05, 0.1) is 17.2 Å². The number of benzene rings is 1. The molecule has 1 atom stereocenters. The smallest absolute Gasteiger partial charge is 0.376 e. The highest BCUT2D eigenvalue weighted by molar-refractivity contribution is 6.45. The van der Waals surface area contributed by atoms with Crippen LogP contribution in [0.4, 0.5) is 0 Å². The number of carbonyl (C=O) groups is 2. The average molecular weight is 314 g/mol. The maximum atomic E-state index is 12.3. The van der Waals surface area contributed by atoms with Gasteiger partial charge in [-0.05, 0) is 37.5 Å². The molecule has 0 bridgehead atoms. The summed E-state index contributed by atoms with van der Waals surface area (Å²) in [7, 11) is -0.595. The van der Waals surface area contributed by atoms with Crippen LogP contribution in [0.3, 0.4) is 0 Å². The topological polar surface area (TPSA) is 81.1 Å². The van der Waals surface area contributed by atoms with E-state index in [2.05, 4.69) is 0 Å². The molecule has 23 heavy (non-hydrogen) atoms. The predicted molar refractivity (Wildman–Crippen MR) is 85.9 cm³/mol. The summed E-state index contributed by atoms with van der Waals surface area (Å²) in [5.41, 5.74) is 1.67. The third-order valence-electron chi connectivity index (χ3n) is 4.47. The van der Waals surface area contributed by atoms with E-state index in [0.29, 0.717) is 30.6 Å². The molecule has 6 nitrogen and oxygen atoms in total. The summed E-state index contributed by atoms with van der Waals surface area (Å²) in [5.74, 6) is -0.586. The number of fused-ring (bicyclic) bond motifs is 1. The summed E-state index contributed by atoms with van der Waals surface area (Å²) in [6, 6.07) is 6.78. The Morgan fingerprint density at radius 2 is 1.87 bits per heavy atom. The molecule has 0 spiro atoms. The number of imide groups is 1. The van der Waals surface area contributed by atoms with Crippen LogP contribution >= 0.6 is 0 Å². The van der Waals surface area contributed by atoms with Gasteiger partial charge < -0.3 is 14.9 Å². The van der Waals surface area contributed by atoms with Crippen molar-refractivity contribution in [1.29, 1.82) is 0 Å². The number of hydrogen-bond acceptors (Lipinski definition) is 5. The Balaban J connectivity index is 1.70. The standard InChI is InChI=1S/C16H19BN2O4/c1-17(23)18-8-6-11(14(20)10-18)7-9-19-15(21)12-4-2-3-5-13(12)16(19)22/h2-5,7,14,20,23H,6,8-10H2,1H3. The first kappa shape index (κ1) is 15.9. The number of carbonyl (C=O) groups excluding carboxylic acids is 2. The lowest BCUT2D eigenvalue weighted by Crippen LogP contribution is -2.47. The molecule has 0 aliphatic carbocycles. The molecule has 2 N–H and O–H groups in total. The minimum atomic E-state index is -0.687. The number of aliphatic hydroxyl groups is 1. The van der Waals surface area contributed by atoms with E-state index in [1.54, 1.807) is 42.0 Å². The Hall–Kier alpha value is -1.96. The van der Waals surface area contributed by atoms with Gasteiger partial charge in [0.2, 0.25) is 0 Å². The molecule has 2 amide bonds. The molecule has 0 aromatic heterocycles. The minimum absolute atomic E-state index is 0.160. The zero-order valence-electron chi connectivity index (χ0n) is 13.0. The molecule has 7 heteroatoms. The lowest BCUT2D eigenvalue weighted by molar-refractivity contribution is 0.0670. The summed E-state index contributed by atoms with van der Waals surface area (Å²) >= 11 is 0. The lowest BCUT2D eigenvalue weighted by Gasteiger charge is -2.33. The molecule has 1 saturated heterocycles. The monoisotopic (exact) mass is 314 g/mol. The number of hydrogen-bond donors (Lipinski definition) is 2. The molecule has 3 rings (SSSR count). The van der Waals surface area contributed by atoms with Crippen molar-refractivity contribution < 1.29 is 19.7 Å². The van der Waals surface area contributed by atoms with Gasteiger partial charge in [-0.3, -0.25) is 14.5 Å². The third-order valence-corrected chi connectivity index (χ3v) is 4.47. The van der Waals surface area contributed by atoms with Crippen LogP contribution < -0.4 is 0 Å². The van der Waals surface area contributed by atoms with Crippen molar-refractivity contribution in [2.45, 2.75) is 19.3 Å². The molecule has 2 aliphatic heterocycles. The second kappa shape index (κ2) is 6.27. The normalized spacial score (nSPS) is 23.5. The molecule has 0 radical (unpaired) electrons. The van der Waals surface area contributed by atoms with Crippen molar-refractivity contribution in [2.24, 2.45) is 0 Å². The molecule has 1 unspecified atom stereocenters. The fourth-order valence-electron chi connectivity index (χ4n) is 3.06. The van der Waals surface area contributed by atoms with Gasteiger partial charge in [-0.2, -0.15) is 0 Å². The second-order valence-electron chi connectivity index (χ2n) is 5.94. The fraction of sp³-hybridized carbons (Fsp3) is 0.375. The molecule has 1 aromatic rings. The minimum Gasteiger partial charge on any atom is -0.437 e. The van der Waals surface area contributed by atoms with Crippen LogP contribution in [-0.4, -0.2) is 64.4 Å². The number of β-amino-alcohol motifs (C(OH)–C–C–N with tert-alkyl or cyclic N) is 1. The average Bonchev–Trinajstić information content (AvgIpc) is 2.78. The van der Waals surface area contributed by atoms with E-state index in [0.717, 1.165) is 5.57 Å². The van der Waals surface area contributed by atoms with Crippen molar-refractivity contribution in [3.63, 3.8) is 0 Å². The number of rotatable bonds is 3. The number of piperidine rings is 1. The highest BCUT2D eigenvalue weighted by atomic mass is 16.3. The summed E-state index contributed by atoms with van der Waals surface area (Å²) < 4.78 is 0. The first-order valence-electron chi connectivity index (χ1n) is 7.73. The Morgan fingerprint density at radius 1 is 1.26 bits per heavy atom. The van der Waals surface area contributed by atoms with Crippen LogP contribution in [0.2, 0.25) is 6.82 Å². The summed E-state index contributed by atoms with van der Waals surface area (Å²) in [5, 5.41) is 19.7. The molecular formula is C16H19BN2O4. The van der Waals surface area contributed by atoms with Crippen LogP contribution in [0.15, 0.2) is 35.9 Å². The molecular weight excluding hydrogens is 295 g/mol. The maximum absolute atomic E-state index is 12.3. The number of aliphatic hydroxyl groups excluding tert-OH is 1. The van der Waals surface area contributed by atoms with Gasteiger partial charge in [-0.1, -0.05) is 18.2 Å². The number of amides is 2. The van der Waals surface area contributed by atoms with Gasteiger partial charge in [0.1, 0.15) is 0 Å². The molecule has 1 fully saturated rings. The Bertz CT molecular complexity index is 639. The SMILES string of the molecule is CB(O)N1CCC(=CCN2C(=O)c3ccccc3C2=O)C(O)C1. The van der Waals surface area contributed by atoms with Gasteiger partial charge in [0.25, 0.3) is 11.8 Å². The fourth-order valence-corrected chi connectivity index (χ4v) is 3.06. The van der Waals surface area contributed by atoms with Crippen molar-refractivity contribution in [3.05, 3.63) is 47.0 Å². The molecule has 2 aliphatic rings. The van der Waals surface area contributed by atoms with Crippen molar-refractivity contribution in [2.75, 3.05) is 19.6 Å². The zero-order valence-corrected chi connectivity index (χ0v) is 13.0. The van der Waals surface area contributed by atoms with Crippen molar-refractivity contribution >= 4 is 18.9 Å². The molecule has 1 aromatic carbocycles. The maximum Gasteiger partial charge on any atom is 0.376 e. The third kappa shape index (κ3) is 2.95. The molecule has 0 saturated carbocycles. The summed E-state index contributed by atoms with van der Waals surface area (Å²) in [4.78, 5) is 27.5. The van der Waals surface area contributed by atoms with Gasteiger partial charge in [0.15, 0.2) is 0 Å². The second-order valence-corrected chi connectivity index (χ2v) is 5.94.